The summed E-state index contributed by atoms with van der Waals surface area (Å²) < 4.78 is 6.36. The Morgan fingerprint density at radius 2 is 1.07 bits per heavy atom. The first-order chi connectivity index (χ1) is 14.6. The third-order valence-electron chi connectivity index (χ3n) is 5.97. The van der Waals surface area contributed by atoms with E-state index < -0.39 is 5.09 Å². The summed E-state index contributed by atoms with van der Waals surface area (Å²) >= 11 is 0. The van der Waals surface area contributed by atoms with Gasteiger partial charge in [-0.05, 0) is 68.9 Å². The molecular formula is C23H27N3O4. The van der Waals surface area contributed by atoms with Gasteiger partial charge < -0.3 is 25.1 Å². The number of piperidine rings is 2. The second-order valence-electron chi connectivity index (χ2n) is 8.01. The molecule has 2 fully saturated rings. The monoisotopic (exact) mass is 409 g/mol. The number of anilines is 2. The molecule has 0 amide bonds. The van der Waals surface area contributed by atoms with Gasteiger partial charge in [0.2, 0.25) is 0 Å². The average Bonchev–Trinajstić information content (AvgIpc) is 2.78. The number of fused-ring (bicyclic) bond motifs is 2. The molecule has 3 aromatic rings. The van der Waals surface area contributed by atoms with Crippen LogP contribution in [0.5, 0.6) is 0 Å². The molecule has 1 aromatic heterocycles. The molecule has 2 aromatic carbocycles. The van der Waals surface area contributed by atoms with E-state index in [0.717, 1.165) is 37.3 Å². The van der Waals surface area contributed by atoms with Gasteiger partial charge in [-0.1, -0.05) is 0 Å². The van der Waals surface area contributed by atoms with Crippen molar-refractivity contribution in [3.63, 3.8) is 0 Å². The maximum atomic E-state index is 8.25. The van der Waals surface area contributed by atoms with Crippen LogP contribution < -0.4 is 9.80 Å². The van der Waals surface area contributed by atoms with E-state index in [-0.39, 0.29) is 0 Å². The summed E-state index contributed by atoms with van der Waals surface area (Å²) in [4.78, 5) is 13.2. The summed E-state index contributed by atoms with van der Waals surface area (Å²) in [6, 6.07) is 15.6. The molecule has 0 aliphatic carbocycles. The van der Waals surface area contributed by atoms with Crippen molar-refractivity contribution in [2.24, 2.45) is 0 Å². The van der Waals surface area contributed by atoms with Gasteiger partial charge in [0.15, 0.2) is 0 Å². The van der Waals surface area contributed by atoms with Gasteiger partial charge in [0.05, 0.1) is 28.0 Å². The van der Waals surface area contributed by atoms with Crippen molar-refractivity contribution in [2.45, 2.75) is 38.5 Å². The minimum atomic E-state index is -1.75. The fraction of sp³-hybridized carbons (Fsp3) is 0.435. The van der Waals surface area contributed by atoms with Crippen LogP contribution in [-0.4, -0.2) is 31.3 Å². The van der Waals surface area contributed by atoms with Gasteiger partial charge in [-0.2, -0.15) is 0 Å². The van der Waals surface area contributed by atoms with Crippen LogP contribution in [0.2, 0.25) is 0 Å². The molecule has 0 radical (unpaired) electrons. The Morgan fingerprint density at radius 1 is 0.667 bits per heavy atom. The van der Waals surface area contributed by atoms with E-state index in [1.165, 1.54) is 60.7 Å². The molecule has 0 bridgehead atoms. The topological polar surface area (TPSA) is 84.0 Å². The summed E-state index contributed by atoms with van der Waals surface area (Å²) in [5.74, 6) is 0. The lowest BCUT2D eigenvalue weighted by molar-refractivity contribution is -0.402. The zero-order valence-corrected chi connectivity index (χ0v) is 17.1. The normalized spacial score (nSPS) is 16.9. The maximum absolute atomic E-state index is 8.25. The van der Waals surface area contributed by atoms with Crippen LogP contribution >= 0.6 is 0 Å². The van der Waals surface area contributed by atoms with E-state index in [4.69, 9.17) is 19.7 Å². The second kappa shape index (κ2) is 9.15. The van der Waals surface area contributed by atoms with Crippen molar-refractivity contribution in [1.29, 1.82) is 0 Å². The molecule has 2 aliphatic heterocycles. The summed E-state index contributed by atoms with van der Waals surface area (Å²) in [5, 5.41) is 17.1. The van der Waals surface area contributed by atoms with Crippen LogP contribution in [0.15, 0.2) is 46.9 Å². The molecule has 30 heavy (non-hydrogen) atoms. The Hall–Kier alpha value is -3.09. The molecule has 0 spiro atoms. The molecule has 3 heterocycles. The molecule has 0 N–H and O–H groups in total. The Bertz CT molecular complexity index is 951. The van der Waals surface area contributed by atoms with Crippen LogP contribution in [0.25, 0.3) is 21.9 Å². The lowest BCUT2D eigenvalue weighted by atomic mass is 10.1. The van der Waals surface area contributed by atoms with Crippen molar-refractivity contribution in [3.05, 3.63) is 57.8 Å². The standard InChI is InChI=1S/C23H27N2O.NO3/c1-3-11-24(12-4-1)20-9-7-18-15-19-8-10-21(25-13-5-2-6-14-25)17-23(19)26-22(18)16-20;2-1(3)4/h7-10,15-17H,1-6,11-14H2;/q+1;-1. The summed E-state index contributed by atoms with van der Waals surface area (Å²) in [6.45, 7) is 4.66. The van der Waals surface area contributed by atoms with Gasteiger partial charge in [0.25, 0.3) is 0 Å². The quantitative estimate of drug-likeness (QED) is 0.237. The van der Waals surface area contributed by atoms with Gasteiger partial charge in [-0.3, -0.25) is 0 Å². The number of hydrogen-bond acceptors (Lipinski definition) is 5. The lowest BCUT2D eigenvalue weighted by Crippen LogP contribution is -2.29. The van der Waals surface area contributed by atoms with Crippen molar-refractivity contribution in [2.75, 3.05) is 36.0 Å². The predicted molar refractivity (Wildman–Crippen MR) is 121 cm³/mol. The van der Waals surface area contributed by atoms with E-state index in [9.17, 15) is 0 Å². The third kappa shape index (κ3) is 4.72. The van der Waals surface area contributed by atoms with Crippen LogP contribution in [-0.2, 0) is 0 Å². The highest BCUT2D eigenvalue weighted by atomic mass is 16.9. The Morgan fingerprint density at radius 3 is 1.47 bits per heavy atom. The number of rotatable bonds is 2. The van der Waals surface area contributed by atoms with E-state index >= 15 is 0 Å². The highest BCUT2D eigenvalue weighted by molar-refractivity contribution is 5.92. The van der Waals surface area contributed by atoms with E-state index in [2.05, 4.69) is 52.3 Å². The van der Waals surface area contributed by atoms with Gasteiger partial charge in [-0.15, -0.1) is 0 Å². The lowest BCUT2D eigenvalue weighted by Gasteiger charge is -2.28. The molecule has 7 heteroatoms. The molecule has 0 atom stereocenters. The zero-order valence-electron chi connectivity index (χ0n) is 17.1. The highest BCUT2D eigenvalue weighted by Gasteiger charge is 2.19. The first kappa shape index (κ1) is 20.2. The molecular weight excluding hydrogens is 382 g/mol. The van der Waals surface area contributed by atoms with Crippen LogP contribution in [0.1, 0.15) is 38.5 Å². The van der Waals surface area contributed by atoms with Crippen molar-refractivity contribution in [1.82, 2.24) is 0 Å². The molecule has 0 saturated carbocycles. The summed E-state index contributed by atoms with van der Waals surface area (Å²) in [7, 11) is 0. The van der Waals surface area contributed by atoms with E-state index in [0.29, 0.717) is 0 Å². The Kier molecular flexibility index (Phi) is 6.16. The fourth-order valence-corrected chi connectivity index (χ4v) is 4.44. The molecule has 7 nitrogen and oxygen atoms in total. The minimum absolute atomic E-state index is 0.997. The van der Waals surface area contributed by atoms with E-state index in [1.807, 2.05) is 0 Å². The first-order valence-electron chi connectivity index (χ1n) is 10.7. The summed E-state index contributed by atoms with van der Waals surface area (Å²) in [6.07, 6.45) is 7.91. The van der Waals surface area contributed by atoms with E-state index in [1.54, 1.807) is 0 Å². The maximum Gasteiger partial charge on any atom is 0.362 e. The second-order valence-corrected chi connectivity index (χ2v) is 8.01. The number of benzene rings is 2. The zero-order chi connectivity index (χ0) is 20.9. The molecule has 2 aliphatic rings. The third-order valence-corrected chi connectivity index (χ3v) is 5.97. The van der Waals surface area contributed by atoms with Crippen LogP contribution in [0.4, 0.5) is 11.4 Å². The SMILES string of the molecule is O=[N+]([O-])[O-].c1cc2cc3ccc(N4CCCCC4)cc3[o+]c2cc1N1CCCCC1. The Balaban J connectivity index is 0.000000503. The van der Waals surface area contributed by atoms with Crippen molar-refractivity contribution >= 4 is 33.3 Å². The number of nitrogens with zero attached hydrogens (tertiary/aromatic N) is 3. The van der Waals surface area contributed by atoms with Crippen molar-refractivity contribution in [3.8, 4) is 0 Å². The molecule has 5 rings (SSSR count). The predicted octanol–water partition coefficient (Wildman–Crippen LogP) is 5.61. The molecule has 2 saturated heterocycles. The molecule has 0 unspecified atom stereocenters. The number of hydrogen-bond donors (Lipinski definition) is 0. The van der Waals surface area contributed by atoms with Crippen molar-refractivity contribution < 1.29 is 9.50 Å². The average molecular weight is 409 g/mol. The van der Waals surface area contributed by atoms with Gasteiger partial charge in [0, 0.05) is 37.6 Å². The summed E-state index contributed by atoms with van der Waals surface area (Å²) in [5.41, 5.74) is 4.59. The van der Waals surface area contributed by atoms with Gasteiger partial charge >= 0.3 is 11.2 Å². The minimum Gasteiger partial charge on any atom is -0.371 e. The largest absolute Gasteiger partial charge is 0.371 e. The van der Waals surface area contributed by atoms with Crippen LogP contribution in [0, 0.1) is 15.3 Å². The van der Waals surface area contributed by atoms with Gasteiger partial charge in [-0.25, -0.2) is 4.42 Å². The first-order valence-corrected chi connectivity index (χ1v) is 10.7. The van der Waals surface area contributed by atoms with Crippen LogP contribution in [0.3, 0.4) is 0 Å². The molecule has 158 valence electrons. The highest BCUT2D eigenvalue weighted by Crippen LogP contribution is 2.31. The fourth-order valence-electron chi connectivity index (χ4n) is 4.44. The smallest absolute Gasteiger partial charge is 0.362 e. The van der Waals surface area contributed by atoms with Gasteiger partial charge in [0.1, 0.15) is 0 Å². The Labute approximate surface area is 175 Å².